The van der Waals surface area contributed by atoms with Gasteiger partial charge in [0.05, 0.1) is 14.2 Å². The minimum absolute atomic E-state index is 0.155. The third-order valence-corrected chi connectivity index (χ3v) is 3.56. The van der Waals surface area contributed by atoms with Gasteiger partial charge >= 0.3 is 0 Å². The Kier molecular flexibility index (Phi) is 5.80. The minimum atomic E-state index is -0.155. The molecule has 2 rings (SSSR count). The summed E-state index contributed by atoms with van der Waals surface area (Å²) in [5, 5.41) is 2.88. The van der Waals surface area contributed by atoms with Gasteiger partial charge in [-0.2, -0.15) is 0 Å². The van der Waals surface area contributed by atoms with Gasteiger partial charge < -0.3 is 14.8 Å². The van der Waals surface area contributed by atoms with Crippen LogP contribution in [0, 0.1) is 6.92 Å². The molecule has 0 saturated heterocycles. The Morgan fingerprint density at radius 3 is 2.57 bits per heavy atom. The van der Waals surface area contributed by atoms with Crippen LogP contribution >= 0.6 is 0 Å². The van der Waals surface area contributed by atoms with Gasteiger partial charge in [-0.25, -0.2) is 0 Å². The molecule has 0 aliphatic heterocycles. The van der Waals surface area contributed by atoms with E-state index in [-0.39, 0.29) is 5.91 Å². The Labute approximate surface area is 136 Å². The lowest BCUT2D eigenvalue weighted by Crippen LogP contribution is -2.20. The number of rotatable bonds is 6. The number of carbonyl (C=O) groups excluding carboxylic acids is 1. The van der Waals surface area contributed by atoms with Crippen molar-refractivity contribution in [3.05, 3.63) is 65.2 Å². The summed E-state index contributed by atoms with van der Waals surface area (Å²) in [7, 11) is 3.16. The first-order valence-electron chi connectivity index (χ1n) is 7.37. The first-order chi connectivity index (χ1) is 11.2. The van der Waals surface area contributed by atoms with Gasteiger partial charge in [0.15, 0.2) is 11.5 Å². The molecule has 0 radical (unpaired) electrons. The molecule has 0 spiro atoms. The molecular weight excluding hydrogens is 290 g/mol. The standard InChI is InChI=1S/C19H21NO3/c1-14-7-4-5-8-16(14)13-20-18(21)12-11-15-9-6-10-17(22-2)19(15)23-3/h4-12H,13H2,1-3H3,(H,20,21)/b12-11+. The van der Waals surface area contributed by atoms with Gasteiger partial charge in [-0.15, -0.1) is 0 Å². The van der Waals surface area contributed by atoms with Gasteiger partial charge in [0.1, 0.15) is 0 Å². The third-order valence-electron chi connectivity index (χ3n) is 3.56. The molecular formula is C19H21NO3. The maximum absolute atomic E-state index is 12.0. The second-order valence-electron chi connectivity index (χ2n) is 5.06. The number of methoxy groups -OCH3 is 2. The fourth-order valence-electron chi connectivity index (χ4n) is 2.26. The van der Waals surface area contributed by atoms with Crippen LogP contribution in [0.1, 0.15) is 16.7 Å². The Bertz CT molecular complexity index is 708. The van der Waals surface area contributed by atoms with Crippen molar-refractivity contribution in [3.8, 4) is 11.5 Å². The molecule has 2 aromatic carbocycles. The van der Waals surface area contributed by atoms with Crippen LogP contribution in [0.15, 0.2) is 48.5 Å². The molecule has 0 aliphatic rings. The zero-order valence-corrected chi connectivity index (χ0v) is 13.6. The van der Waals surface area contributed by atoms with Gasteiger partial charge in [0.25, 0.3) is 0 Å². The maximum atomic E-state index is 12.0. The zero-order chi connectivity index (χ0) is 16.7. The SMILES string of the molecule is COc1cccc(/C=C/C(=O)NCc2ccccc2C)c1OC. The molecule has 2 aromatic rings. The molecule has 23 heavy (non-hydrogen) atoms. The highest BCUT2D eigenvalue weighted by molar-refractivity contribution is 5.92. The summed E-state index contributed by atoms with van der Waals surface area (Å²) in [6.45, 7) is 2.53. The van der Waals surface area contributed by atoms with Crippen LogP contribution in [0.25, 0.3) is 6.08 Å². The van der Waals surface area contributed by atoms with Crippen LogP contribution in [-0.4, -0.2) is 20.1 Å². The molecule has 120 valence electrons. The summed E-state index contributed by atoms with van der Waals surface area (Å²) >= 11 is 0. The Hall–Kier alpha value is -2.75. The average molecular weight is 311 g/mol. The molecule has 0 aromatic heterocycles. The van der Waals surface area contributed by atoms with E-state index >= 15 is 0 Å². The summed E-state index contributed by atoms with van der Waals surface area (Å²) in [6, 6.07) is 13.5. The van der Waals surface area contributed by atoms with E-state index in [4.69, 9.17) is 9.47 Å². The van der Waals surface area contributed by atoms with Crippen LogP contribution < -0.4 is 14.8 Å². The molecule has 0 heterocycles. The van der Waals surface area contributed by atoms with E-state index in [2.05, 4.69) is 5.32 Å². The summed E-state index contributed by atoms with van der Waals surface area (Å²) in [5.41, 5.74) is 3.05. The van der Waals surface area contributed by atoms with Gasteiger partial charge in [-0.05, 0) is 30.2 Å². The molecule has 4 nitrogen and oxygen atoms in total. The van der Waals surface area contributed by atoms with Crippen molar-refractivity contribution in [2.24, 2.45) is 0 Å². The molecule has 0 aliphatic carbocycles. The van der Waals surface area contributed by atoms with E-state index in [0.29, 0.717) is 18.0 Å². The highest BCUT2D eigenvalue weighted by atomic mass is 16.5. The lowest BCUT2D eigenvalue weighted by molar-refractivity contribution is -0.116. The molecule has 0 fully saturated rings. The summed E-state index contributed by atoms with van der Waals surface area (Å²) in [6.07, 6.45) is 3.21. The number of aryl methyl sites for hydroxylation is 1. The van der Waals surface area contributed by atoms with Gasteiger partial charge in [0.2, 0.25) is 5.91 Å². The highest BCUT2D eigenvalue weighted by Gasteiger charge is 2.07. The first-order valence-corrected chi connectivity index (χ1v) is 7.37. The Morgan fingerprint density at radius 1 is 1.09 bits per heavy atom. The number of benzene rings is 2. The van der Waals surface area contributed by atoms with Crippen LogP contribution in [0.5, 0.6) is 11.5 Å². The van der Waals surface area contributed by atoms with E-state index in [0.717, 1.165) is 16.7 Å². The Balaban J connectivity index is 2.03. The van der Waals surface area contributed by atoms with Crippen molar-refractivity contribution >= 4 is 12.0 Å². The first kappa shape index (κ1) is 16.6. The lowest BCUT2D eigenvalue weighted by atomic mass is 10.1. The van der Waals surface area contributed by atoms with Crippen molar-refractivity contribution in [2.45, 2.75) is 13.5 Å². The Morgan fingerprint density at radius 2 is 1.87 bits per heavy atom. The number of amides is 1. The van der Waals surface area contributed by atoms with Crippen molar-refractivity contribution < 1.29 is 14.3 Å². The molecule has 0 unspecified atom stereocenters. The predicted octanol–water partition coefficient (Wildman–Crippen LogP) is 3.34. The molecule has 0 saturated carbocycles. The van der Waals surface area contributed by atoms with Crippen molar-refractivity contribution in [2.75, 3.05) is 14.2 Å². The second-order valence-corrected chi connectivity index (χ2v) is 5.06. The van der Waals surface area contributed by atoms with Crippen LogP contribution in [-0.2, 0) is 11.3 Å². The monoisotopic (exact) mass is 311 g/mol. The molecule has 0 atom stereocenters. The average Bonchev–Trinajstić information content (AvgIpc) is 2.58. The van der Waals surface area contributed by atoms with Crippen molar-refractivity contribution in [1.29, 1.82) is 0 Å². The van der Waals surface area contributed by atoms with Crippen LogP contribution in [0.2, 0.25) is 0 Å². The number of carbonyl (C=O) groups is 1. The smallest absolute Gasteiger partial charge is 0.244 e. The molecule has 1 N–H and O–H groups in total. The van der Waals surface area contributed by atoms with Crippen LogP contribution in [0.3, 0.4) is 0 Å². The number of para-hydroxylation sites is 1. The molecule has 1 amide bonds. The number of hydrogen-bond acceptors (Lipinski definition) is 3. The zero-order valence-electron chi connectivity index (χ0n) is 13.6. The summed E-state index contributed by atoms with van der Waals surface area (Å²) in [4.78, 5) is 12.0. The fraction of sp³-hybridized carbons (Fsp3) is 0.211. The number of hydrogen-bond donors (Lipinski definition) is 1. The van der Waals surface area contributed by atoms with Crippen LogP contribution in [0.4, 0.5) is 0 Å². The topological polar surface area (TPSA) is 47.6 Å². The highest BCUT2D eigenvalue weighted by Crippen LogP contribution is 2.31. The number of ether oxygens (including phenoxy) is 2. The quantitative estimate of drug-likeness (QED) is 0.832. The van der Waals surface area contributed by atoms with E-state index in [1.807, 2.05) is 49.4 Å². The van der Waals surface area contributed by atoms with Gasteiger partial charge in [-0.3, -0.25) is 4.79 Å². The van der Waals surface area contributed by atoms with E-state index in [1.165, 1.54) is 6.08 Å². The second kappa shape index (κ2) is 8.03. The van der Waals surface area contributed by atoms with Gasteiger partial charge in [-0.1, -0.05) is 36.4 Å². The maximum Gasteiger partial charge on any atom is 0.244 e. The van der Waals surface area contributed by atoms with E-state index in [1.54, 1.807) is 20.3 Å². The van der Waals surface area contributed by atoms with Crippen molar-refractivity contribution in [3.63, 3.8) is 0 Å². The normalized spacial score (nSPS) is 10.6. The summed E-state index contributed by atoms with van der Waals surface area (Å²) < 4.78 is 10.6. The molecule has 4 heteroatoms. The van der Waals surface area contributed by atoms with Gasteiger partial charge in [0, 0.05) is 18.2 Å². The molecule has 0 bridgehead atoms. The van der Waals surface area contributed by atoms with E-state index < -0.39 is 0 Å². The lowest BCUT2D eigenvalue weighted by Gasteiger charge is -2.10. The number of nitrogens with one attached hydrogen (secondary N) is 1. The summed E-state index contributed by atoms with van der Waals surface area (Å²) in [5.74, 6) is 1.09. The third kappa shape index (κ3) is 4.36. The van der Waals surface area contributed by atoms with E-state index in [9.17, 15) is 4.79 Å². The van der Waals surface area contributed by atoms with Crippen molar-refractivity contribution in [1.82, 2.24) is 5.32 Å². The largest absolute Gasteiger partial charge is 0.493 e. The fourth-order valence-corrected chi connectivity index (χ4v) is 2.26. The minimum Gasteiger partial charge on any atom is -0.493 e. The predicted molar refractivity (Wildman–Crippen MR) is 91.6 cm³/mol.